The van der Waals surface area contributed by atoms with Crippen LogP contribution in [0.15, 0.2) is 18.2 Å². The third-order valence-electron chi connectivity index (χ3n) is 1.73. The maximum absolute atomic E-state index is 10.7. The molecule has 0 aliphatic carbocycles. The first kappa shape index (κ1) is 11.6. The van der Waals surface area contributed by atoms with Crippen LogP contribution in [0.3, 0.4) is 0 Å². The highest BCUT2D eigenvalue weighted by molar-refractivity contribution is 5.94. The van der Waals surface area contributed by atoms with E-state index in [2.05, 4.69) is 5.32 Å². The number of nitro benzene ring substituents is 1. The highest BCUT2D eigenvalue weighted by Crippen LogP contribution is 2.22. The second-order valence-electron chi connectivity index (χ2n) is 2.96. The van der Waals surface area contributed by atoms with E-state index in [0.717, 1.165) is 12.1 Å². The molecule has 0 unspecified atom stereocenters. The Balaban J connectivity index is 3.22. The van der Waals surface area contributed by atoms with Crippen molar-refractivity contribution in [2.75, 3.05) is 5.32 Å². The molecule has 0 heterocycles. The van der Waals surface area contributed by atoms with Gasteiger partial charge >= 0.3 is 0 Å². The second kappa shape index (κ2) is 4.39. The SMILES string of the molecule is CC(=O)Nc1ccc(C(=O)[O-])c([N+](=O)[O-])c1. The molecule has 84 valence electrons. The smallest absolute Gasteiger partial charge is 0.280 e. The van der Waals surface area contributed by atoms with Gasteiger partial charge in [0.2, 0.25) is 5.91 Å². The number of carbonyl (C=O) groups excluding carboxylic acids is 2. The molecular weight excluding hydrogens is 216 g/mol. The Bertz CT molecular complexity index is 469. The molecule has 1 amide bonds. The lowest BCUT2D eigenvalue weighted by Gasteiger charge is -2.06. The zero-order valence-corrected chi connectivity index (χ0v) is 8.22. The van der Waals surface area contributed by atoms with Crippen LogP contribution in [0.25, 0.3) is 0 Å². The van der Waals surface area contributed by atoms with Gasteiger partial charge in [0, 0.05) is 18.7 Å². The molecule has 1 N–H and O–H groups in total. The number of aromatic carboxylic acids is 1. The number of nitro groups is 1. The number of carboxylic acids is 1. The molecule has 0 bridgehead atoms. The second-order valence-corrected chi connectivity index (χ2v) is 2.96. The van der Waals surface area contributed by atoms with Gasteiger partial charge in [-0.05, 0) is 12.1 Å². The van der Waals surface area contributed by atoms with Gasteiger partial charge in [0.15, 0.2) is 0 Å². The molecule has 0 aliphatic heterocycles. The summed E-state index contributed by atoms with van der Waals surface area (Å²) in [5, 5.41) is 23.4. The van der Waals surface area contributed by atoms with Gasteiger partial charge in [-0.1, -0.05) is 0 Å². The van der Waals surface area contributed by atoms with Crippen LogP contribution in [0.5, 0.6) is 0 Å². The Morgan fingerprint density at radius 2 is 2.00 bits per heavy atom. The first-order valence-corrected chi connectivity index (χ1v) is 4.19. The van der Waals surface area contributed by atoms with Crippen molar-refractivity contribution in [1.29, 1.82) is 0 Å². The van der Waals surface area contributed by atoms with E-state index in [0.29, 0.717) is 0 Å². The zero-order chi connectivity index (χ0) is 12.3. The highest BCUT2D eigenvalue weighted by Gasteiger charge is 2.15. The fourth-order valence-electron chi connectivity index (χ4n) is 1.14. The summed E-state index contributed by atoms with van der Waals surface area (Å²) in [7, 11) is 0. The van der Waals surface area contributed by atoms with Crippen molar-refractivity contribution in [3.8, 4) is 0 Å². The molecule has 16 heavy (non-hydrogen) atoms. The van der Waals surface area contributed by atoms with E-state index in [1.54, 1.807) is 0 Å². The number of carboxylic acid groups (broad SMARTS) is 1. The molecule has 0 atom stereocenters. The summed E-state index contributed by atoms with van der Waals surface area (Å²) in [4.78, 5) is 31.0. The molecule has 0 radical (unpaired) electrons. The standard InChI is InChI=1S/C9H8N2O5/c1-5(12)10-6-2-3-7(9(13)14)8(4-6)11(15)16/h2-4H,1H3,(H,10,12)(H,13,14)/p-1. The van der Waals surface area contributed by atoms with Crippen molar-refractivity contribution in [2.24, 2.45) is 0 Å². The minimum Gasteiger partial charge on any atom is -0.545 e. The van der Waals surface area contributed by atoms with Gasteiger partial charge in [0.25, 0.3) is 5.69 Å². The largest absolute Gasteiger partial charge is 0.545 e. The topological polar surface area (TPSA) is 112 Å². The van der Waals surface area contributed by atoms with Crippen molar-refractivity contribution in [3.63, 3.8) is 0 Å². The van der Waals surface area contributed by atoms with Crippen LogP contribution in [0.4, 0.5) is 11.4 Å². The minimum atomic E-state index is -1.64. The Morgan fingerprint density at radius 1 is 1.38 bits per heavy atom. The van der Waals surface area contributed by atoms with E-state index < -0.39 is 28.1 Å². The van der Waals surface area contributed by atoms with E-state index in [1.807, 2.05) is 0 Å². The third-order valence-corrected chi connectivity index (χ3v) is 1.73. The molecule has 1 aromatic rings. The van der Waals surface area contributed by atoms with Crippen molar-refractivity contribution in [2.45, 2.75) is 6.92 Å². The molecule has 1 aromatic carbocycles. The van der Waals surface area contributed by atoms with Crippen LogP contribution in [0, 0.1) is 10.1 Å². The first-order valence-electron chi connectivity index (χ1n) is 4.19. The first-order chi connectivity index (χ1) is 7.41. The van der Waals surface area contributed by atoms with Crippen LogP contribution in [-0.4, -0.2) is 16.8 Å². The quantitative estimate of drug-likeness (QED) is 0.568. The summed E-state index contributed by atoms with van der Waals surface area (Å²) in [6.07, 6.45) is 0. The average Bonchev–Trinajstić information content (AvgIpc) is 2.16. The maximum Gasteiger partial charge on any atom is 0.280 e. The molecule has 0 fully saturated rings. The van der Waals surface area contributed by atoms with E-state index in [1.165, 1.54) is 13.0 Å². The normalized spacial score (nSPS) is 9.56. The molecule has 0 aliphatic rings. The Kier molecular flexibility index (Phi) is 3.19. The van der Waals surface area contributed by atoms with E-state index in [-0.39, 0.29) is 5.69 Å². The van der Waals surface area contributed by atoms with E-state index in [4.69, 9.17) is 0 Å². The number of nitrogens with zero attached hydrogens (tertiary/aromatic N) is 1. The Morgan fingerprint density at radius 3 is 2.44 bits per heavy atom. The number of carbonyl (C=O) groups is 2. The summed E-state index contributed by atoms with van der Waals surface area (Å²) in [5.74, 6) is -2.04. The van der Waals surface area contributed by atoms with Crippen LogP contribution < -0.4 is 10.4 Å². The van der Waals surface area contributed by atoms with Gasteiger partial charge in [0.05, 0.1) is 16.5 Å². The van der Waals surface area contributed by atoms with Crippen molar-refractivity contribution in [3.05, 3.63) is 33.9 Å². The summed E-state index contributed by atoms with van der Waals surface area (Å²) >= 11 is 0. The van der Waals surface area contributed by atoms with E-state index in [9.17, 15) is 24.8 Å². The molecule has 0 saturated heterocycles. The van der Waals surface area contributed by atoms with Gasteiger partial charge in [-0.2, -0.15) is 0 Å². The predicted octanol–water partition coefficient (Wildman–Crippen LogP) is -0.0833. The van der Waals surface area contributed by atoms with Crippen LogP contribution in [0.2, 0.25) is 0 Å². The fraction of sp³-hybridized carbons (Fsp3) is 0.111. The fourth-order valence-corrected chi connectivity index (χ4v) is 1.14. The van der Waals surface area contributed by atoms with Gasteiger partial charge in [0.1, 0.15) is 0 Å². The predicted molar refractivity (Wildman–Crippen MR) is 51.7 cm³/mol. The number of nitrogens with one attached hydrogen (secondary N) is 1. The third kappa shape index (κ3) is 2.53. The van der Waals surface area contributed by atoms with Crippen molar-refractivity contribution < 1.29 is 19.6 Å². The molecule has 7 heteroatoms. The van der Waals surface area contributed by atoms with Gasteiger partial charge in [-0.25, -0.2) is 0 Å². The molecule has 7 nitrogen and oxygen atoms in total. The number of rotatable bonds is 3. The summed E-state index contributed by atoms with van der Waals surface area (Å²) in [6.45, 7) is 1.23. The number of benzene rings is 1. The highest BCUT2D eigenvalue weighted by atomic mass is 16.6. The number of hydrogen-bond acceptors (Lipinski definition) is 5. The van der Waals surface area contributed by atoms with Gasteiger partial charge in [-0.15, -0.1) is 0 Å². The summed E-state index contributed by atoms with van der Waals surface area (Å²) in [5.41, 5.74) is -0.991. The lowest BCUT2D eigenvalue weighted by molar-refractivity contribution is -0.385. The number of hydrogen-bond donors (Lipinski definition) is 1. The van der Waals surface area contributed by atoms with Crippen molar-refractivity contribution in [1.82, 2.24) is 0 Å². The lowest BCUT2D eigenvalue weighted by Crippen LogP contribution is -2.23. The molecular formula is C9H7N2O5-. The monoisotopic (exact) mass is 223 g/mol. The van der Waals surface area contributed by atoms with Crippen LogP contribution in [0.1, 0.15) is 17.3 Å². The van der Waals surface area contributed by atoms with Crippen LogP contribution >= 0.6 is 0 Å². The molecule has 0 saturated carbocycles. The Hall–Kier alpha value is -2.44. The van der Waals surface area contributed by atoms with Gasteiger partial charge in [-0.3, -0.25) is 14.9 Å². The molecule has 1 rings (SSSR count). The summed E-state index contributed by atoms with van der Waals surface area (Å²) < 4.78 is 0. The summed E-state index contributed by atoms with van der Waals surface area (Å²) in [6, 6.07) is 3.23. The van der Waals surface area contributed by atoms with E-state index >= 15 is 0 Å². The maximum atomic E-state index is 10.7. The number of anilines is 1. The van der Waals surface area contributed by atoms with Crippen molar-refractivity contribution >= 4 is 23.3 Å². The van der Waals surface area contributed by atoms with Gasteiger partial charge < -0.3 is 15.2 Å². The zero-order valence-electron chi connectivity index (χ0n) is 8.22. The molecule has 0 aromatic heterocycles. The lowest BCUT2D eigenvalue weighted by atomic mass is 10.1. The minimum absolute atomic E-state index is 0.157. The van der Waals surface area contributed by atoms with Crippen LogP contribution in [-0.2, 0) is 4.79 Å². The Labute approximate surface area is 89.8 Å². The number of amides is 1. The average molecular weight is 223 g/mol. The molecule has 0 spiro atoms.